The van der Waals surface area contributed by atoms with E-state index >= 15 is 0 Å². The molecule has 1 rings (SSSR count). The van der Waals surface area contributed by atoms with Gasteiger partial charge < -0.3 is 14.0 Å². The van der Waals surface area contributed by atoms with Gasteiger partial charge in [0.25, 0.3) is 0 Å². The molecule has 0 aliphatic carbocycles. The number of benzene rings is 1. The fraction of sp³-hybridized carbons (Fsp3) is 0.667. The third-order valence-electron chi connectivity index (χ3n) is 5.50. The highest BCUT2D eigenvalue weighted by Crippen LogP contribution is 2.38. The predicted octanol–water partition coefficient (Wildman–Crippen LogP) is 5.66. The summed E-state index contributed by atoms with van der Waals surface area (Å²) in [6.45, 7) is 15.2. The van der Waals surface area contributed by atoms with Crippen molar-refractivity contribution in [1.82, 2.24) is 0 Å². The van der Waals surface area contributed by atoms with Crippen molar-refractivity contribution in [2.24, 2.45) is 11.8 Å². The van der Waals surface area contributed by atoms with Gasteiger partial charge in [-0.1, -0.05) is 52.8 Å². The monoisotopic (exact) mass is 396 g/mol. The Bertz CT molecular complexity index is 542. The maximum Gasteiger partial charge on any atom is 0.193 e. The molecule has 1 aromatic carbocycles. The van der Waals surface area contributed by atoms with Crippen molar-refractivity contribution in [3.8, 4) is 0 Å². The van der Waals surface area contributed by atoms with Crippen LogP contribution in [0.2, 0.25) is 18.1 Å². The van der Waals surface area contributed by atoms with E-state index in [2.05, 4.69) is 72.0 Å². The van der Waals surface area contributed by atoms with Crippen LogP contribution in [-0.2, 0) is 14.0 Å². The maximum atomic E-state index is 11.8. The van der Waals surface area contributed by atoms with Crippen LogP contribution in [0.15, 0.2) is 35.2 Å². The molecule has 1 aromatic rings. The number of thioether (sulfide) groups is 1. The van der Waals surface area contributed by atoms with Gasteiger partial charge in [-0.3, -0.25) is 0 Å². The Balaban J connectivity index is 2.77. The first-order valence-electron chi connectivity index (χ1n) is 9.37. The zero-order chi connectivity index (χ0) is 20.0. The summed E-state index contributed by atoms with van der Waals surface area (Å²) in [6.07, 6.45) is 0.519. The van der Waals surface area contributed by atoms with Crippen molar-refractivity contribution in [3.05, 3.63) is 30.3 Å². The molecule has 5 heteroatoms. The normalized spacial score (nSPS) is 17.4. The number of hydrogen-bond donors (Lipinski definition) is 0. The first-order valence-corrected chi connectivity index (χ1v) is 13.3. The van der Waals surface area contributed by atoms with Gasteiger partial charge in [-0.05, 0) is 36.2 Å². The zero-order valence-corrected chi connectivity index (χ0v) is 19.4. The Morgan fingerprint density at radius 1 is 1.15 bits per heavy atom. The molecule has 0 unspecified atom stereocenters. The van der Waals surface area contributed by atoms with Crippen LogP contribution in [0, 0.1) is 11.8 Å². The van der Waals surface area contributed by atoms with Crippen molar-refractivity contribution in [3.63, 3.8) is 0 Å². The van der Waals surface area contributed by atoms with Gasteiger partial charge in [0.2, 0.25) is 0 Å². The average Bonchev–Trinajstić information content (AvgIpc) is 2.58. The first-order chi connectivity index (χ1) is 12.0. The highest BCUT2D eigenvalue weighted by Gasteiger charge is 2.41. The minimum atomic E-state index is -2.01. The Hall–Kier alpha value is -0.623. The van der Waals surface area contributed by atoms with Crippen LogP contribution < -0.4 is 0 Å². The Morgan fingerprint density at radius 2 is 1.73 bits per heavy atom. The molecule has 0 amide bonds. The van der Waals surface area contributed by atoms with Crippen LogP contribution in [0.1, 0.15) is 34.6 Å². The molecule has 4 atom stereocenters. The Labute approximate surface area is 165 Å². The Kier molecular flexibility index (Phi) is 9.07. The Morgan fingerprint density at radius 3 is 2.19 bits per heavy atom. The van der Waals surface area contributed by atoms with E-state index in [0.29, 0.717) is 5.92 Å². The molecular formula is C21H36O3SSi. The molecule has 0 saturated heterocycles. The second kappa shape index (κ2) is 10.1. The molecule has 0 aliphatic heterocycles. The standard InChI is InChI=1S/C21H36O3SSi/c1-16(15-25-18-12-10-9-11-13-18)20(23-6)17(2)19(14-22)24-26(7,8)21(3,4)5/h9-14,16-17,19-20H,15H2,1-8H3/t16-,17+,19+,20-/m0/s1. The molecule has 148 valence electrons. The van der Waals surface area contributed by atoms with E-state index in [1.165, 1.54) is 4.90 Å². The quantitative estimate of drug-likeness (QED) is 0.291. The lowest BCUT2D eigenvalue weighted by molar-refractivity contribution is -0.120. The van der Waals surface area contributed by atoms with Crippen molar-refractivity contribution in [2.45, 2.75) is 69.9 Å². The lowest BCUT2D eigenvalue weighted by atomic mass is 9.90. The van der Waals surface area contributed by atoms with Crippen LogP contribution in [0.4, 0.5) is 0 Å². The SMILES string of the molecule is CO[C@H]([C@H](C)[C@@H](C=O)O[Si](C)(C)C(C)(C)C)[C@@H](C)CSc1ccccc1. The molecule has 0 aromatic heterocycles. The van der Waals surface area contributed by atoms with E-state index in [1.807, 2.05) is 17.8 Å². The van der Waals surface area contributed by atoms with Crippen LogP contribution in [0.5, 0.6) is 0 Å². The van der Waals surface area contributed by atoms with Gasteiger partial charge in [-0.2, -0.15) is 0 Å². The van der Waals surface area contributed by atoms with Crippen molar-refractivity contribution < 1.29 is 14.0 Å². The fourth-order valence-corrected chi connectivity index (χ4v) is 5.07. The summed E-state index contributed by atoms with van der Waals surface area (Å²) in [5.41, 5.74) is 0. The minimum absolute atomic E-state index is 0.0120. The predicted molar refractivity (Wildman–Crippen MR) is 114 cm³/mol. The summed E-state index contributed by atoms with van der Waals surface area (Å²) < 4.78 is 12.2. The molecule has 0 spiro atoms. The largest absolute Gasteiger partial charge is 0.407 e. The molecule has 0 fully saturated rings. The van der Waals surface area contributed by atoms with Crippen molar-refractivity contribution in [1.29, 1.82) is 0 Å². The highest BCUT2D eigenvalue weighted by atomic mass is 32.2. The number of carbonyl (C=O) groups excluding carboxylic acids is 1. The highest BCUT2D eigenvalue weighted by molar-refractivity contribution is 7.99. The van der Waals surface area contributed by atoms with Gasteiger partial charge in [0.05, 0.1) is 6.10 Å². The van der Waals surface area contributed by atoms with Crippen LogP contribution in [0.3, 0.4) is 0 Å². The number of hydrogen-bond acceptors (Lipinski definition) is 4. The van der Waals surface area contributed by atoms with E-state index in [1.54, 1.807) is 7.11 Å². The molecule has 0 N–H and O–H groups in total. The number of carbonyl (C=O) groups is 1. The number of aldehydes is 1. The number of rotatable bonds is 10. The summed E-state index contributed by atoms with van der Waals surface area (Å²) in [5, 5.41) is 0.0747. The van der Waals surface area contributed by atoms with Gasteiger partial charge in [0, 0.05) is 23.7 Å². The average molecular weight is 397 g/mol. The molecule has 0 heterocycles. The summed E-state index contributed by atoms with van der Waals surface area (Å²) in [6, 6.07) is 10.4. The molecule has 26 heavy (non-hydrogen) atoms. The van der Waals surface area contributed by atoms with E-state index < -0.39 is 14.4 Å². The van der Waals surface area contributed by atoms with Crippen molar-refractivity contribution in [2.75, 3.05) is 12.9 Å². The van der Waals surface area contributed by atoms with E-state index in [-0.39, 0.29) is 17.1 Å². The van der Waals surface area contributed by atoms with E-state index in [9.17, 15) is 4.79 Å². The van der Waals surface area contributed by atoms with Crippen LogP contribution >= 0.6 is 11.8 Å². The molecule has 0 aliphatic rings. The van der Waals surface area contributed by atoms with Gasteiger partial charge in [0.1, 0.15) is 12.4 Å². The lowest BCUT2D eigenvalue weighted by Crippen LogP contribution is -2.48. The van der Waals surface area contributed by atoms with Crippen molar-refractivity contribution >= 4 is 26.4 Å². The smallest absolute Gasteiger partial charge is 0.193 e. The zero-order valence-electron chi connectivity index (χ0n) is 17.6. The molecule has 0 saturated carbocycles. The molecular weight excluding hydrogens is 360 g/mol. The maximum absolute atomic E-state index is 11.8. The molecule has 3 nitrogen and oxygen atoms in total. The summed E-state index contributed by atoms with van der Waals surface area (Å²) >= 11 is 1.83. The van der Waals surface area contributed by atoms with Crippen LogP contribution in [-0.4, -0.2) is 39.7 Å². The van der Waals surface area contributed by atoms with E-state index in [0.717, 1.165) is 12.0 Å². The first kappa shape index (κ1) is 23.4. The van der Waals surface area contributed by atoms with Gasteiger partial charge in [-0.25, -0.2) is 0 Å². The topological polar surface area (TPSA) is 35.5 Å². The lowest BCUT2D eigenvalue weighted by Gasteiger charge is -2.41. The van der Waals surface area contributed by atoms with E-state index in [4.69, 9.17) is 9.16 Å². The molecule has 0 radical (unpaired) electrons. The molecule has 0 bridgehead atoms. The summed E-state index contributed by atoms with van der Waals surface area (Å²) in [5.74, 6) is 1.27. The number of ether oxygens (including phenoxy) is 1. The third-order valence-corrected chi connectivity index (χ3v) is 11.3. The van der Waals surface area contributed by atoms with Crippen LogP contribution in [0.25, 0.3) is 0 Å². The third kappa shape index (κ3) is 6.52. The summed E-state index contributed by atoms with van der Waals surface area (Å²) in [7, 11) is -0.273. The second-order valence-electron chi connectivity index (χ2n) is 8.64. The summed E-state index contributed by atoms with van der Waals surface area (Å²) in [4.78, 5) is 13.1. The van der Waals surface area contributed by atoms with Gasteiger partial charge in [0.15, 0.2) is 8.32 Å². The second-order valence-corrected chi connectivity index (χ2v) is 14.5. The van der Waals surface area contributed by atoms with Gasteiger partial charge >= 0.3 is 0 Å². The number of methoxy groups -OCH3 is 1. The fourth-order valence-electron chi connectivity index (χ4n) is 2.77. The minimum Gasteiger partial charge on any atom is -0.407 e. The van der Waals surface area contributed by atoms with Gasteiger partial charge in [-0.15, -0.1) is 11.8 Å².